The second-order valence-electron chi connectivity index (χ2n) is 10.2. The molecule has 4 aromatic rings. The summed E-state index contributed by atoms with van der Waals surface area (Å²) >= 11 is 3.60. The molecule has 0 saturated heterocycles. The molecule has 1 aliphatic rings. The first-order valence-electron chi connectivity index (χ1n) is 13.8. The summed E-state index contributed by atoms with van der Waals surface area (Å²) in [5.74, 6) is 2.37. The van der Waals surface area contributed by atoms with Crippen LogP contribution in [0.4, 0.5) is 5.82 Å². The van der Waals surface area contributed by atoms with E-state index in [0.717, 1.165) is 65.3 Å². The summed E-state index contributed by atoms with van der Waals surface area (Å²) in [7, 11) is 1.82. The van der Waals surface area contributed by atoms with Crippen LogP contribution in [0.15, 0.2) is 71.6 Å². The van der Waals surface area contributed by atoms with E-state index in [-0.39, 0.29) is 12.0 Å². The van der Waals surface area contributed by atoms with Gasteiger partial charge in [-0.1, -0.05) is 30.3 Å². The third-order valence-electron chi connectivity index (χ3n) is 7.51. The first kappa shape index (κ1) is 28.5. The average molecular weight is 610 g/mol. The second-order valence-corrected chi connectivity index (χ2v) is 11.1. The van der Waals surface area contributed by atoms with Gasteiger partial charge in [0.1, 0.15) is 35.4 Å². The van der Waals surface area contributed by atoms with Gasteiger partial charge in [-0.05, 0) is 84.7 Å². The number of anilines is 1. The van der Waals surface area contributed by atoms with Gasteiger partial charge in [-0.2, -0.15) is 0 Å². The minimum Gasteiger partial charge on any atom is -0.457 e. The van der Waals surface area contributed by atoms with E-state index in [1.165, 1.54) is 11.9 Å². The van der Waals surface area contributed by atoms with E-state index in [4.69, 9.17) is 4.74 Å². The van der Waals surface area contributed by atoms with E-state index in [0.29, 0.717) is 13.0 Å². The molecule has 0 aliphatic heterocycles. The maximum absolute atomic E-state index is 10.9. The lowest BCUT2D eigenvalue weighted by Crippen LogP contribution is -2.34. The van der Waals surface area contributed by atoms with Crippen molar-refractivity contribution in [3.63, 3.8) is 0 Å². The number of hydrogen-bond donors (Lipinski definition) is 5. The van der Waals surface area contributed by atoms with Gasteiger partial charge in [0, 0.05) is 30.2 Å². The number of benzene rings is 2. The van der Waals surface area contributed by atoms with Gasteiger partial charge in [-0.3, -0.25) is 0 Å². The molecule has 1 fully saturated rings. The summed E-state index contributed by atoms with van der Waals surface area (Å²) in [6.45, 7) is 3.29. The van der Waals surface area contributed by atoms with Gasteiger partial charge in [0.2, 0.25) is 0 Å². The zero-order chi connectivity index (χ0) is 27.9. The number of nitrogens with zero attached hydrogens (tertiary/aromatic N) is 3. The molecule has 40 heavy (non-hydrogen) atoms. The number of hydrogen-bond acceptors (Lipinski definition) is 8. The molecule has 4 atom stereocenters. The van der Waals surface area contributed by atoms with E-state index in [2.05, 4.69) is 54.0 Å². The Bertz CT molecular complexity index is 1380. The van der Waals surface area contributed by atoms with Crippen molar-refractivity contribution in [2.24, 2.45) is 5.92 Å². The van der Waals surface area contributed by atoms with Crippen LogP contribution in [0, 0.1) is 5.92 Å². The lowest BCUT2D eigenvalue weighted by atomic mass is 10.1. The molecule has 2 aromatic heterocycles. The van der Waals surface area contributed by atoms with Crippen molar-refractivity contribution in [2.45, 2.75) is 37.5 Å². The number of fused-ring (bicyclic) bond motifs is 1. The van der Waals surface area contributed by atoms with Crippen molar-refractivity contribution in [1.82, 2.24) is 25.2 Å². The molecule has 2 aromatic carbocycles. The van der Waals surface area contributed by atoms with Gasteiger partial charge in [-0.15, -0.1) is 0 Å². The Balaban J connectivity index is 1.02. The molecule has 0 amide bonds. The smallest absolute Gasteiger partial charge is 0.147 e. The van der Waals surface area contributed by atoms with Crippen LogP contribution in [0.1, 0.15) is 24.4 Å². The van der Waals surface area contributed by atoms with Crippen LogP contribution in [0.25, 0.3) is 11.0 Å². The summed E-state index contributed by atoms with van der Waals surface area (Å²) in [5.41, 5.74) is 1.97. The number of rotatable bonds is 13. The maximum atomic E-state index is 10.9. The highest BCUT2D eigenvalue weighted by atomic mass is 79.9. The van der Waals surface area contributed by atoms with Crippen molar-refractivity contribution >= 4 is 32.8 Å². The molecule has 0 spiro atoms. The third-order valence-corrected chi connectivity index (χ3v) is 8.11. The fourth-order valence-electron chi connectivity index (χ4n) is 5.43. The van der Waals surface area contributed by atoms with Crippen LogP contribution in [0.5, 0.6) is 11.5 Å². The molecule has 2 heterocycles. The highest BCUT2D eigenvalue weighted by Gasteiger charge is 2.42. The number of aliphatic hydroxyl groups is 2. The van der Waals surface area contributed by atoms with Crippen molar-refractivity contribution in [2.75, 3.05) is 38.5 Å². The molecule has 0 unspecified atom stereocenters. The molecule has 5 rings (SSSR count). The Morgan fingerprint density at radius 3 is 2.60 bits per heavy atom. The minimum absolute atomic E-state index is 0.0415. The van der Waals surface area contributed by atoms with Gasteiger partial charge in [0.15, 0.2) is 0 Å². The molecule has 10 heteroatoms. The lowest BCUT2D eigenvalue weighted by molar-refractivity contribution is 0.00693. The molecule has 1 aliphatic carbocycles. The Morgan fingerprint density at radius 1 is 0.975 bits per heavy atom. The van der Waals surface area contributed by atoms with Gasteiger partial charge in [0.25, 0.3) is 0 Å². The fourth-order valence-corrected chi connectivity index (χ4v) is 6.02. The topological polar surface area (TPSA) is 116 Å². The lowest BCUT2D eigenvalue weighted by Gasteiger charge is -2.19. The van der Waals surface area contributed by atoms with Gasteiger partial charge < -0.3 is 35.5 Å². The quantitative estimate of drug-likeness (QED) is 0.144. The monoisotopic (exact) mass is 608 g/mol. The molecular formula is C30H37BrN6O3. The predicted octanol–water partition coefficient (Wildman–Crippen LogP) is 4.12. The molecule has 1 saturated carbocycles. The SMILES string of the molecule is CNc1ncnc2c1c(Br)cn2[C@@H]1C[C@H](CNCCCNCCc2cccc(Oc3ccccc3)c2)[C@@H](O)[C@H]1O. The molecule has 9 nitrogen and oxygen atoms in total. The summed E-state index contributed by atoms with van der Waals surface area (Å²) in [6, 6.07) is 17.8. The number of aromatic nitrogens is 3. The number of aliphatic hydroxyl groups excluding tert-OH is 2. The van der Waals surface area contributed by atoms with E-state index >= 15 is 0 Å². The Morgan fingerprint density at radius 2 is 1.77 bits per heavy atom. The second kappa shape index (κ2) is 13.6. The fraction of sp³-hybridized carbons (Fsp3) is 0.400. The number of halogens is 1. The predicted molar refractivity (Wildman–Crippen MR) is 161 cm³/mol. The van der Waals surface area contributed by atoms with E-state index < -0.39 is 12.2 Å². The molecule has 5 N–H and O–H groups in total. The van der Waals surface area contributed by atoms with E-state index in [1.54, 1.807) is 0 Å². The summed E-state index contributed by atoms with van der Waals surface area (Å²) in [6.07, 6.45) is 4.35. The average Bonchev–Trinajstić information content (AvgIpc) is 3.46. The zero-order valence-corrected chi connectivity index (χ0v) is 24.2. The first-order valence-corrected chi connectivity index (χ1v) is 14.6. The van der Waals surface area contributed by atoms with Gasteiger partial charge >= 0.3 is 0 Å². The molecular weight excluding hydrogens is 572 g/mol. The highest BCUT2D eigenvalue weighted by molar-refractivity contribution is 9.10. The van der Waals surface area contributed by atoms with Crippen LogP contribution in [-0.2, 0) is 6.42 Å². The van der Waals surface area contributed by atoms with Crippen molar-refractivity contribution < 1.29 is 14.9 Å². The summed E-state index contributed by atoms with van der Waals surface area (Å²) in [4.78, 5) is 8.74. The minimum atomic E-state index is -0.861. The van der Waals surface area contributed by atoms with Crippen LogP contribution < -0.4 is 20.7 Å². The van der Waals surface area contributed by atoms with Crippen LogP contribution in [0.2, 0.25) is 0 Å². The highest BCUT2D eigenvalue weighted by Crippen LogP contribution is 2.40. The van der Waals surface area contributed by atoms with Gasteiger partial charge in [0.05, 0.1) is 17.5 Å². The van der Waals surface area contributed by atoms with Crippen LogP contribution in [0.3, 0.4) is 0 Å². The maximum Gasteiger partial charge on any atom is 0.147 e. The normalized spacial score (nSPS) is 20.7. The first-order chi connectivity index (χ1) is 19.5. The third kappa shape index (κ3) is 6.64. The van der Waals surface area contributed by atoms with Crippen molar-refractivity contribution in [3.05, 3.63) is 77.2 Å². The van der Waals surface area contributed by atoms with Crippen molar-refractivity contribution in [1.29, 1.82) is 0 Å². The Hall–Kier alpha value is -3.02. The van der Waals surface area contributed by atoms with Crippen LogP contribution in [-0.4, -0.2) is 70.2 Å². The number of para-hydroxylation sites is 1. The largest absolute Gasteiger partial charge is 0.457 e. The zero-order valence-electron chi connectivity index (χ0n) is 22.6. The number of nitrogens with one attached hydrogen (secondary N) is 3. The Kier molecular flexibility index (Phi) is 9.66. The number of ether oxygens (including phenoxy) is 1. The summed E-state index contributed by atoms with van der Waals surface area (Å²) in [5, 5.41) is 32.6. The Labute approximate surface area is 243 Å². The van der Waals surface area contributed by atoms with Crippen LogP contribution >= 0.6 is 15.9 Å². The molecule has 0 radical (unpaired) electrons. The van der Waals surface area contributed by atoms with Crippen molar-refractivity contribution in [3.8, 4) is 11.5 Å². The standard InChI is InChI=1S/C30H37BrN6O3/c1-32-29-26-24(31)18-37(30(26)36-19-35-29)25-16-21(27(38)28(25)39)17-34-13-6-12-33-14-11-20-7-5-10-23(15-20)40-22-8-3-2-4-9-22/h2-5,7-10,15,18-19,21,25,27-28,33-34,38-39H,6,11-14,16-17H2,1H3,(H,32,35,36)/t21-,25-,27-,28+/m1/s1. The summed E-state index contributed by atoms with van der Waals surface area (Å²) < 4.78 is 8.75. The van der Waals surface area contributed by atoms with Gasteiger partial charge in [-0.25, -0.2) is 9.97 Å². The molecule has 212 valence electrons. The molecule has 0 bridgehead atoms. The van der Waals surface area contributed by atoms with E-state index in [9.17, 15) is 10.2 Å². The van der Waals surface area contributed by atoms with E-state index in [1.807, 2.05) is 60.3 Å².